The minimum absolute atomic E-state index is 0.0129. The van der Waals surface area contributed by atoms with Crippen molar-refractivity contribution in [2.45, 2.75) is 309 Å². The molecule has 0 saturated carbocycles. The Morgan fingerprint density at radius 2 is 0.823 bits per heavy atom. The summed E-state index contributed by atoms with van der Waals surface area (Å²) in [5.41, 5.74) is 0. The van der Waals surface area contributed by atoms with Gasteiger partial charge in [-0.1, -0.05) is 263 Å². The van der Waals surface area contributed by atoms with Crippen LogP contribution in [0.1, 0.15) is 296 Å². The van der Waals surface area contributed by atoms with Crippen LogP contribution in [0.25, 0.3) is 0 Å². The minimum Gasteiger partial charge on any atom is -0.466 e. The van der Waals surface area contributed by atoms with E-state index < -0.39 is 12.1 Å². The number of ether oxygens (including phenoxy) is 1. The van der Waals surface area contributed by atoms with Crippen molar-refractivity contribution in [3.05, 3.63) is 24.3 Å². The van der Waals surface area contributed by atoms with Gasteiger partial charge in [0, 0.05) is 12.8 Å². The number of amides is 1. The number of carbonyl (C=O) groups excluding carboxylic acids is 2. The highest BCUT2D eigenvalue weighted by atomic mass is 16.5. The lowest BCUT2D eigenvalue weighted by Crippen LogP contribution is -2.45. The van der Waals surface area contributed by atoms with Crippen molar-refractivity contribution in [2.24, 2.45) is 0 Å². The van der Waals surface area contributed by atoms with E-state index in [1.807, 2.05) is 6.08 Å². The van der Waals surface area contributed by atoms with Gasteiger partial charge in [0.2, 0.25) is 5.91 Å². The monoisotopic (exact) mass is 874 g/mol. The lowest BCUT2D eigenvalue weighted by atomic mass is 10.0. The van der Waals surface area contributed by atoms with Gasteiger partial charge in [0.15, 0.2) is 0 Å². The molecule has 0 heterocycles. The number of allylic oxidation sites excluding steroid dienone is 4. The van der Waals surface area contributed by atoms with Gasteiger partial charge in [-0.05, 0) is 44.9 Å². The van der Waals surface area contributed by atoms with Gasteiger partial charge in [0.05, 0.1) is 25.4 Å². The number of rotatable bonds is 51. The van der Waals surface area contributed by atoms with E-state index in [9.17, 15) is 19.8 Å². The van der Waals surface area contributed by atoms with Crippen molar-refractivity contribution in [1.29, 1.82) is 0 Å². The number of aliphatic hydroxyl groups excluding tert-OH is 2. The van der Waals surface area contributed by atoms with E-state index in [-0.39, 0.29) is 18.5 Å². The largest absolute Gasteiger partial charge is 0.466 e. The molecule has 6 nitrogen and oxygen atoms in total. The number of nitrogens with one attached hydrogen (secondary N) is 1. The zero-order valence-corrected chi connectivity index (χ0v) is 41.6. The molecule has 0 saturated heterocycles. The van der Waals surface area contributed by atoms with E-state index >= 15 is 0 Å². The summed E-state index contributed by atoms with van der Waals surface area (Å²) < 4.78 is 5.47. The number of aliphatic hydroxyl groups is 2. The predicted molar refractivity (Wildman–Crippen MR) is 269 cm³/mol. The Hall–Kier alpha value is -1.66. The summed E-state index contributed by atoms with van der Waals surface area (Å²) in [4.78, 5) is 24.5. The lowest BCUT2D eigenvalue weighted by Gasteiger charge is -2.22. The lowest BCUT2D eigenvalue weighted by molar-refractivity contribution is -0.143. The molecule has 2 atom stereocenters. The molecular weight excluding hydrogens is 767 g/mol. The van der Waals surface area contributed by atoms with E-state index in [2.05, 4.69) is 37.4 Å². The molecule has 3 N–H and O–H groups in total. The summed E-state index contributed by atoms with van der Waals surface area (Å²) >= 11 is 0. The maximum Gasteiger partial charge on any atom is 0.305 e. The molecule has 0 aromatic heterocycles. The van der Waals surface area contributed by atoms with Crippen LogP contribution >= 0.6 is 0 Å². The third-order valence-corrected chi connectivity index (χ3v) is 12.8. The molecule has 0 aromatic carbocycles. The number of carbonyl (C=O) groups is 2. The Labute approximate surface area is 386 Å². The second-order valence-corrected chi connectivity index (χ2v) is 18.9. The second-order valence-electron chi connectivity index (χ2n) is 18.9. The van der Waals surface area contributed by atoms with Gasteiger partial charge in [-0.15, -0.1) is 0 Å². The summed E-state index contributed by atoms with van der Waals surface area (Å²) in [6.07, 6.45) is 61.7. The molecule has 0 bridgehead atoms. The van der Waals surface area contributed by atoms with Crippen molar-refractivity contribution in [1.82, 2.24) is 5.32 Å². The van der Waals surface area contributed by atoms with Crippen LogP contribution in [0.5, 0.6) is 0 Å². The maximum absolute atomic E-state index is 12.4. The number of hydrogen-bond donors (Lipinski definition) is 3. The van der Waals surface area contributed by atoms with E-state index in [1.165, 1.54) is 205 Å². The third-order valence-electron chi connectivity index (χ3n) is 12.8. The normalized spacial score (nSPS) is 12.8. The smallest absolute Gasteiger partial charge is 0.305 e. The van der Waals surface area contributed by atoms with Crippen molar-refractivity contribution in [3.8, 4) is 0 Å². The van der Waals surface area contributed by atoms with Gasteiger partial charge in [0.25, 0.3) is 0 Å². The van der Waals surface area contributed by atoms with Crippen molar-refractivity contribution < 1.29 is 24.5 Å². The second kappa shape index (κ2) is 52.0. The molecule has 0 spiro atoms. The maximum atomic E-state index is 12.4. The van der Waals surface area contributed by atoms with Gasteiger partial charge in [-0.25, -0.2) is 0 Å². The van der Waals surface area contributed by atoms with E-state index in [0.717, 1.165) is 51.4 Å². The Bertz CT molecular complexity index is 966. The Morgan fingerprint density at radius 3 is 1.26 bits per heavy atom. The van der Waals surface area contributed by atoms with Gasteiger partial charge in [0.1, 0.15) is 0 Å². The molecule has 6 heteroatoms. The van der Waals surface area contributed by atoms with Crippen LogP contribution in [0, 0.1) is 0 Å². The van der Waals surface area contributed by atoms with Crippen molar-refractivity contribution in [2.75, 3.05) is 13.2 Å². The molecular formula is C56H107NO5. The van der Waals surface area contributed by atoms with E-state index in [4.69, 9.17) is 4.74 Å². The molecule has 0 aromatic rings. The first-order valence-electron chi connectivity index (χ1n) is 27.6. The topological polar surface area (TPSA) is 95.9 Å². The standard InChI is InChI=1S/C56H107NO5/c1-3-5-7-9-11-13-15-17-19-20-22-26-30-34-38-42-46-50-56(61)62-51-47-43-39-35-31-27-23-25-29-33-37-41-45-49-55(60)57-53(52-58)54(59)48-44-40-36-32-28-24-21-18-16-14-12-10-8-6-4-2/h25,29,37,41,53-54,58-59H,3-24,26-28,30-36,38-40,42-52H2,1-2H3,(H,57,60)/b29-25-,41-37-. The zero-order valence-electron chi connectivity index (χ0n) is 41.6. The summed E-state index contributed by atoms with van der Waals surface area (Å²) in [7, 11) is 0. The number of esters is 1. The van der Waals surface area contributed by atoms with Crippen LogP contribution < -0.4 is 5.32 Å². The van der Waals surface area contributed by atoms with Gasteiger partial charge >= 0.3 is 5.97 Å². The van der Waals surface area contributed by atoms with Crippen LogP contribution in [0.3, 0.4) is 0 Å². The van der Waals surface area contributed by atoms with Gasteiger partial charge < -0.3 is 20.3 Å². The Kier molecular flexibility index (Phi) is 50.6. The molecule has 0 aliphatic heterocycles. The van der Waals surface area contributed by atoms with E-state index in [1.54, 1.807) is 0 Å². The van der Waals surface area contributed by atoms with Crippen molar-refractivity contribution >= 4 is 11.9 Å². The highest BCUT2D eigenvalue weighted by Gasteiger charge is 2.19. The number of hydrogen-bond acceptors (Lipinski definition) is 5. The molecule has 0 radical (unpaired) electrons. The summed E-state index contributed by atoms with van der Waals surface area (Å²) in [6, 6.07) is -0.584. The molecule has 0 fully saturated rings. The summed E-state index contributed by atoms with van der Waals surface area (Å²) in [5.74, 6) is -0.127. The van der Waals surface area contributed by atoms with Crippen LogP contribution in [-0.2, 0) is 14.3 Å². The first-order chi connectivity index (χ1) is 30.5. The first-order valence-corrected chi connectivity index (χ1v) is 27.6. The van der Waals surface area contributed by atoms with Gasteiger partial charge in [-0.3, -0.25) is 9.59 Å². The highest BCUT2D eigenvalue weighted by molar-refractivity contribution is 5.76. The Balaban J connectivity index is 3.52. The fourth-order valence-corrected chi connectivity index (χ4v) is 8.51. The first kappa shape index (κ1) is 60.3. The molecule has 0 aliphatic rings. The van der Waals surface area contributed by atoms with Crippen LogP contribution in [0.2, 0.25) is 0 Å². The third kappa shape index (κ3) is 47.8. The average Bonchev–Trinajstić information content (AvgIpc) is 3.27. The molecule has 1 amide bonds. The quantitative estimate of drug-likeness (QED) is 0.0321. The highest BCUT2D eigenvalue weighted by Crippen LogP contribution is 2.17. The van der Waals surface area contributed by atoms with Crippen LogP contribution in [-0.4, -0.2) is 47.4 Å². The Morgan fingerprint density at radius 1 is 0.452 bits per heavy atom. The molecule has 0 rings (SSSR count). The van der Waals surface area contributed by atoms with Gasteiger partial charge in [-0.2, -0.15) is 0 Å². The average molecular weight is 874 g/mol. The summed E-state index contributed by atoms with van der Waals surface area (Å²) in [6.45, 7) is 4.90. The van der Waals surface area contributed by atoms with E-state index in [0.29, 0.717) is 32.3 Å². The predicted octanol–water partition coefficient (Wildman–Crippen LogP) is 16.7. The zero-order chi connectivity index (χ0) is 45.1. The molecule has 0 aliphatic carbocycles. The summed E-state index contributed by atoms with van der Waals surface area (Å²) in [5, 5.41) is 23.2. The number of unbranched alkanes of at least 4 members (excludes halogenated alkanes) is 36. The fourth-order valence-electron chi connectivity index (χ4n) is 8.51. The fraction of sp³-hybridized carbons (Fsp3) is 0.893. The molecule has 366 valence electrons. The SMILES string of the molecule is CCCCCCCCCCCCCCCCCCCC(=O)OCCCCCCCC/C=C\C/C=C\CCC(=O)NC(CO)C(O)CCCCCCCCCCCCCCCCC. The minimum atomic E-state index is -0.698. The van der Waals surface area contributed by atoms with Crippen LogP contribution in [0.4, 0.5) is 0 Å². The van der Waals surface area contributed by atoms with Crippen molar-refractivity contribution in [3.63, 3.8) is 0 Å². The molecule has 2 unspecified atom stereocenters. The van der Waals surface area contributed by atoms with Crippen LogP contribution in [0.15, 0.2) is 24.3 Å². The molecule has 62 heavy (non-hydrogen) atoms.